The number of carboxylic acids is 1. The van der Waals surface area contributed by atoms with E-state index in [1.54, 1.807) is 13.2 Å². The first-order valence-electron chi connectivity index (χ1n) is 6.41. The standard InChI is InChI=1S/C14H17N3O3/c1-10-5-3-6-12-15-11(9-17(10)12)14(20)16(2)8-4-7-13(18)19/h3,5-6,9H,4,7-8H2,1-2H3,(H,18,19). The fourth-order valence-electron chi connectivity index (χ4n) is 2.02. The van der Waals surface area contributed by atoms with E-state index in [-0.39, 0.29) is 12.3 Å². The molecule has 0 radical (unpaired) electrons. The van der Waals surface area contributed by atoms with Crippen LogP contribution >= 0.6 is 0 Å². The molecule has 20 heavy (non-hydrogen) atoms. The van der Waals surface area contributed by atoms with Gasteiger partial charge in [-0.2, -0.15) is 0 Å². The predicted octanol–water partition coefficient (Wildman–Crippen LogP) is 1.58. The van der Waals surface area contributed by atoms with Crippen LogP contribution in [-0.2, 0) is 4.79 Å². The first-order valence-corrected chi connectivity index (χ1v) is 6.41. The van der Waals surface area contributed by atoms with Gasteiger partial charge in [0.2, 0.25) is 0 Å². The number of carbonyl (C=O) groups excluding carboxylic acids is 1. The van der Waals surface area contributed by atoms with Crippen LogP contribution < -0.4 is 0 Å². The van der Waals surface area contributed by atoms with Gasteiger partial charge in [-0.25, -0.2) is 4.98 Å². The van der Waals surface area contributed by atoms with E-state index in [4.69, 9.17) is 5.11 Å². The highest BCUT2D eigenvalue weighted by molar-refractivity contribution is 5.92. The molecule has 2 aromatic heterocycles. The zero-order valence-corrected chi connectivity index (χ0v) is 11.5. The average Bonchev–Trinajstić information content (AvgIpc) is 2.82. The molecule has 1 amide bonds. The van der Waals surface area contributed by atoms with Crippen LogP contribution in [0.5, 0.6) is 0 Å². The van der Waals surface area contributed by atoms with E-state index in [0.717, 1.165) is 11.3 Å². The topological polar surface area (TPSA) is 74.9 Å². The highest BCUT2D eigenvalue weighted by atomic mass is 16.4. The van der Waals surface area contributed by atoms with Crippen molar-refractivity contribution >= 4 is 17.5 Å². The van der Waals surface area contributed by atoms with Crippen LogP contribution in [0.4, 0.5) is 0 Å². The molecule has 1 N–H and O–H groups in total. The van der Waals surface area contributed by atoms with Gasteiger partial charge in [0.05, 0.1) is 0 Å². The number of hydrogen-bond donors (Lipinski definition) is 1. The number of aryl methyl sites for hydroxylation is 1. The van der Waals surface area contributed by atoms with Crippen molar-refractivity contribution in [2.45, 2.75) is 19.8 Å². The van der Waals surface area contributed by atoms with Gasteiger partial charge in [0.25, 0.3) is 5.91 Å². The largest absolute Gasteiger partial charge is 0.481 e. The van der Waals surface area contributed by atoms with Crippen LogP contribution in [-0.4, -0.2) is 44.9 Å². The Bertz CT molecular complexity index is 648. The Morgan fingerprint density at radius 2 is 2.15 bits per heavy atom. The van der Waals surface area contributed by atoms with Crippen LogP contribution in [0.25, 0.3) is 5.65 Å². The van der Waals surface area contributed by atoms with Gasteiger partial charge in [0, 0.05) is 31.9 Å². The summed E-state index contributed by atoms with van der Waals surface area (Å²) in [6.45, 7) is 2.34. The number of imidazole rings is 1. The summed E-state index contributed by atoms with van der Waals surface area (Å²) < 4.78 is 1.86. The minimum Gasteiger partial charge on any atom is -0.481 e. The third-order valence-electron chi connectivity index (χ3n) is 3.15. The maximum absolute atomic E-state index is 12.2. The number of carbonyl (C=O) groups is 2. The quantitative estimate of drug-likeness (QED) is 0.899. The van der Waals surface area contributed by atoms with Crippen molar-refractivity contribution in [3.63, 3.8) is 0 Å². The fourth-order valence-corrected chi connectivity index (χ4v) is 2.02. The lowest BCUT2D eigenvalue weighted by molar-refractivity contribution is -0.137. The number of pyridine rings is 1. The number of amides is 1. The summed E-state index contributed by atoms with van der Waals surface area (Å²) in [7, 11) is 1.65. The lowest BCUT2D eigenvalue weighted by Crippen LogP contribution is -2.28. The van der Waals surface area contributed by atoms with Crippen molar-refractivity contribution in [1.82, 2.24) is 14.3 Å². The number of hydrogen-bond acceptors (Lipinski definition) is 3. The molecule has 0 unspecified atom stereocenters. The molecule has 0 saturated heterocycles. The summed E-state index contributed by atoms with van der Waals surface area (Å²) >= 11 is 0. The molecule has 6 heteroatoms. The zero-order chi connectivity index (χ0) is 14.7. The molecule has 0 fully saturated rings. The van der Waals surface area contributed by atoms with E-state index in [1.165, 1.54) is 4.90 Å². The van der Waals surface area contributed by atoms with Crippen molar-refractivity contribution in [3.05, 3.63) is 35.8 Å². The minimum atomic E-state index is -0.853. The summed E-state index contributed by atoms with van der Waals surface area (Å²) in [5, 5.41) is 8.59. The van der Waals surface area contributed by atoms with Gasteiger partial charge in [-0.05, 0) is 25.5 Å². The molecule has 0 atom stereocenters. The van der Waals surface area contributed by atoms with E-state index < -0.39 is 5.97 Å². The maximum Gasteiger partial charge on any atom is 0.303 e. The van der Waals surface area contributed by atoms with Gasteiger partial charge in [-0.1, -0.05) is 6.07 Å². The van der Waals surface area contributed by atoms with Crippen LogP contribution in [0, 0.1) is 6.92 Å². The van der Waals surface area contributed by atoms with Crippen LogP contribution in [0.3, 0.4) is 0 Å². The molecule has 2 heterocycles. The first kappa shape index (κ1) is 14.0. The molecule has 0 saturated carbocycles. The third-order valence-corrected chi connectivity index (χ3v) is 3.15. The Balaban J connectivity index is 2.10. The predicted molar refractivity (Wildman–Crippen MR) is 73.8 cm³/mol. The van der Waals surface area contributed by atoms with Gasteiger partial charge >= 0.3 is 5.97 Å². The average molecular weight is 275 g/mol. The summed E-state index contributed by atoms with van der Waals surface area (Å²) in [6.07, 6.45) is 2.20. The lowest BCUT2D eigenvalue weighted by Gasteiger charge is -2.14. The van der Waals surface area contributed by atoms with Crippen molar-refractivity contribution in [2.75, 3.05) is 13.6 Å². The zero-order valence-electron chi connectivity index (χ0n) is 11.5. The van der Waals surface area contributed by atoms with E-state index in [1.807, 2.05) is 29.5 Å². The summed E-state index contributed by atoms with van der Waals surface area (Å²) in [5.74, 6) is -1.05. The molecule has 2 aromatic rings. The summed E-state index contributed by atoms with van der Waals surface area (Å²) in [6, 6.07) is 5.68. The maximum atomic E-state index is 12.2. The van der Waals surface area contributed by atoms with Crippen molar-refractivity contribution in [2.24, 2.45) is 0 Å². The molecular formula is C14H17N3O3. The number of carboxylic acid groups (broad SMARTS) is 1. The highest BCUT2D eigenvalue weighted by Gasteiger charge is 2.16. The van der Waals surface area contributed by atoms with E-state index in [0.29, 0.717) is 18.7 Å². The first-order chi connectivity index (χ1) is 9.49. The molecular weight excluding hydrogens is 258 g/mol. The Labute approximate surface area is 116 Å². The second kappa shape index (κ2) is 5.73. The van der Waals surface area contributed by atoms with Gasteiger partial charge in [0.15, 0.2) is 0 Å². The second-order valence-corrected chi connectivity index (χ2v) is 4.75. The normalized spacial score (nSPS) is 10.7. The molecule has 106 valence electrons. The number of aromatic nitrogens is 2. The van der Waals surface area contributed by atoms with E-state index >= 15 is 0 Å². The molecule has 0 aliphatic heterocycles. The van der Waals surface area contributed by atoms with E-state index in [2.05, 4.69) is 4.98 Å². The van der Waals surface area contributed by atoms with Gasteiger partial charge in [0.1, 0.15) is 11.3 Å². The van der Waals surface area contributed by atoms with Crippen LogP contribution in [0.15, 0.2) is 24.4 Å². The molecule has 0 bridgehead atoms. The smallest absolute Gasteiger partial charge is 0.303 e. The Kier molecular flexibility index (Phi) is 4.02. The second-order valence-electron chi connectivity index (χ2n) is 4.75. The Hall–Kier alpha value is -2.37. The number of aliphatic carboxylic acids is 1. The molecule has 0 spiro atoms. The van der Waals surface area contributed by atoms with Gasteiger partial charge in [-0.3, -0.25) is 9.59 Å². The fraction of sp³-hybridized carbons (Fsp3) is 0.357. The lowest BCUT2D eigenvalue weighted by atomic mass is 10.3. The van der Waals surface area contributed by atoms with Gasteiger partial charge in [-0.15, -0.1) is 0 Å². The Morgan fingerprint density at radius 1 is 1.40 bits per heavy atom. The van der Waals surface area contributed by atoms with Crippen molar-refractivity contribution in [3.8, 4) is 0 Å². The number of fused-ring (bicyclic) bond motifs is 1. The molecule has 0 aliphatic rings. The molecule has 0 aromatic carbocycles. The highest BCUT2D eigenvalue weighted by Crippen LogP contribution is 2.10. The van der Waals surface area contributed by atoms with Crippen molar-refractivity contribution < 1.29 is 14.7 Å². The summed E-state index contributed by atoms with van der Waals surface area (Å²) in [5.41, 5.74) is 2.10. The SMILES string of the molecule is Cc1cccc2nc(C(=O)N(C)CCCC(=O)O)cn12. The Morgan fingerprint density at radius 3 is 2.80 bits per heavy atom. The van der Waals surface area contributed by atoms with Crippen LogP contribution in [0.2, 0.25) is 0 Å². The van der Waals surface area contributed by atoms with Crippen molar-refractivity contribution in [1.29, 1.82) is 0 Å². The van der Waals surface area contributed by atoms with Crippen LogP contribution in [0.1, 0.15) is 29.0 Å². The monoisotopic (exact) mass is 275 g/mol. The number of nitrogens with zero attached hydrogens (tertiary/aromatic N) is 3. The molecule has 0 aliphatic carbocycles. The summed E-state index contributed by atoms with van der Waals surface area (Å²) in [4.78, 5) is 28.5. The third kappa shape index (κ3) is 2.96. The minimum absolute atomic E-state index is 0.0574. The molecule has 6 nitrogen and oxygen atoms in total. The van der Waals surface area contributed by atoms with Gasteiger partial charge < -0.3 is 14.4 Å². The van der Waals surface area contributed by atoms with E-state index in [9.17, 15) is 9.59 Å². The molecule has 2 rings (SSSR count). The number of rotatable bonds is 5.